The van der Waals surface area contributed by atoms with E-state index in [1.54, 1.807) is 6.07 Å². The Bertz CT molecular complexity index is 413. The van der Waals surface area contributed by atoms with Crippen molar-refractivity contribution < 1.29 is 5.21 Å². The molecule has 0 unspecified atom stereocenters. The average molecular weight is 234 g/mol. The van der Waals surface area contributed by atoms with E-state index in [2.05, 4.69) is 15.0 Å². The molecule has 3 N–H and O–H groups in total. The van der Waals surface area contributed by atoms with Crippen LogP contribution < -0.4 is 10.6 Å². The second-order valence-corrected chi connectivity index (χ2v) is 4.42. The Balaban J connectivity index is 2.20. The molecule has 0 aliphatic heterocycles. The molecule has 1 heterocycles. The number of pyridine rings is 1. The zero-order valence-electron chi connectivity index (χ0n) is 10.0. The van der Waals surface area contributed by atoms with Crippen molar-refractivity contribution in [2.75, 3.05) is 11.9 Å². The maximum absolute atomic E-state index is 8.64. The molecule has 0 amide bonds. The topological polar surface area (TPSA) is 74.7 Å². The molecule has 92 valence electrons. The minimum atomic E-state index is 0.0478. The van der Waals surface area contributed by atoms with E-state index in [0.29, 0.717) is 11.7 Å². The van der Waals surface area contributed by atoms with Crippen LogP contribution in [0.2, 0.25) is 0 Å². The lowest BCUT2D eigenvalue weighted by Crippen LogP contribution is -2.30. The maximum Gasteiger partial charge on any atom is 0.188 e. The fraction of sp³-hybridized carbons (Fsp3) is 0.500. The Morgan fingerprint density at radius 2 is 2.18 bits per heavy atom. The summed E-state index contributed by atoms with van der Waals surface area (Å²) in [5.41, 5.74) is 6.04. The molecule has 0 aromatic carbocycles. The molecule has 0 spiro atoms. The van der Waals surface area contributed by atoms with Gasteiger partial charge in [-0.1, -0.05) is 24.1 Å². The van der Waals surface area contributed by atoms with Crippen molar-refractivity contribution in [1.29, 1.82) is 0 Å². The van der Waals surface area contributed by atoms with E-state index in [-0.39, 0.29) is 5.84 Å². The number of anilines is 1. The van der Waals surface area contributed by atoms with E-state index < -0.39 is 0 Å². The first kappa shape index (κ1) is 11.7. The summed E-state index contributed by atoms with van der Waals surface area (Å²) < 4.78 is 0. The Labute approximate surface area is 101 Å². The van der Waals surface area contributed by atoms with E-state index >= 15 is 0 Å². The molecule has 5 heteroatoms. The van der Waals surface area contributed by atoms with Crippen LogP contribution in [0.1, 0.15) is 31.4 Å². The molecule has 17 heavy (non-hydrogen) atoms. The lowest BCUT2D eigenvalue weighted by atomic mass is 10.2. The Morgan fingerprint density at radius 3 is 2.82 bits per heavy atom. The van der Waals surface area contributed by atoms with Crippen molar-refractivity contribution in [2.24, 2.45) is 10.9 Å². The molecule has 1 aromatic heterocycles. The van der Waals surface area contributed by atoms with E-state index in [1.165, 1.54) is 25.7 Å². The minimum Gasteiger partial charge on any atom is -0.409 e. The van der Waals surface area contributed by atoms with Gasteiger partial charge in [0.1, 0.15) is 11.5 Å². The van der Waals surface area contributed by atoms with Crippen molar-refractivity contribution in [3.63, 3.8) is 0 Å². The van der Waals surface area contributed by atoms with Crippen molar-refractivity contribution >= 4 is 11.7 Å². The summed E-state index contributed by atoms with van der Waals surface area (Å²) in [6, 6.07) is 6.12. The summed E-state index contributed by atoms with van der Waals surface area (Å²) >= 11 is 0. The fourth-order valence-corrected chi connectivity index (χ4v) is 2.29. The van der Waals surface area contributed by atoms with Gasteiger partial charge in [-0.05, 0) is 25.0 Å². The van der Waals surface area contributed by atoms with Crippen molar-refractivity contribution in [2.45, 2.75) is 31.7 Å². The standard InChI is InChI=1S/C12H18N4O/c1-16(9-5-2-3-6-9)11-8-4-7-10(14-11)12(13)15-17/h4,7-9,17H,2-3,5-6H2,1H3,(H2,13,15). The fourth-order valence-electron chi connectivity index (χ4n) is 2.29. The third-order valence-corrected chi connectivity index (χ3v) is 3.34. The van der Waals surface area contributed by atoms with Crippen LogP contribution in [0.3, 0.4) is 0 Å². The number of hydrogen-bond donors (Lipinski definition) is 2. The molecule has 0 saturated heterocycles. The summed E-state index contributed by atoms with van der Waals surface area (Å²) in [5.74, 6) is 0.924. The molecule has 0 bridgehead atoms. The Morgan fingerprint density at radius 1 is 1.47 bits per heavy atom. The number of hydrogen-bond acceptors (Lipinski definition) is 4. The van der Waals surface area contributed by atoms with Gasteiger partial charge in [0.05, 0.1) is 0 Å². The van der Waals surface area contributed by atoms with Crippen LogP contribution in [-0.2, 0) is 0 Å². The summed E-state index contributed by atoms with van der Waals surface area (Å²) in [7, 11) is 2.05. The first-order chi connectivity index (χ1) is 8.22. The van der Waals surface area contributed by atoms with Gasteiger partial charge in [-0.2, -0.15) is 0 Å². The monoisotopic (exact) mass is 234 g/mol. The van der Waals surface area contributed by atoms with E-state index in [0.717, 1.165) is 5.82 Å². The lowest BCUT2D eigenvalue weighted by molar-refractivity contribution is 0.318. The van der Waals surface area contributed by atoms with Crippen LogP contribution >= 0.6 is 0 Å². The molecule has 1 fully saturated rings. The third-order valence-electron chi connectivity index (χ3n) is 3.34. The second kappa shape index (κ2) is 5.03. The first-order valence-electron chi connectivity index (χ1n) is 5.90. The van der Waals surface area contributed by atoms with Crippen molar-refractivity contribution in [1.82, 2.24) is 4.98 Å². The predicted octanol–water partition coefficient (Wildman–Crippen LogP) is 1.55. The summed E-state index contributed by atoms with van der Waals surface area (Å²) in [6.45, 7) is 0. The van der Waals surface area contributed by atoms with Crippen LogP contribution in [0.25, 0.3) is 0 Å². The van der Waals surface area contributed by atoms with Crippen molar-refractivity contribution in [3.05, 3.63) is 23.9 Å². The van der Waals surface area contributed by atoms with Crippen LogP contribution in [0.5, 0.6) is 0 Å². The minimum absolute atomic E-state index is 0.0478. The van der Waals surface area contributed by atoms with Crippen molar-refractivity contribution in [3.8, 4) is 0 Å². The van der Waals surface area contributed by atoms with Gasteiger partial charge in [-0.3, -0.25) is 0 Å². The highest BCUT2D eigenvalue weighted by molar-refractivity contribution is 5.95. The first-order valence-corrected chi connectivity index (χ1v) is 5.90. The van der Waals surface area contributed by atoms with Crippen LogP contribution in [0.15, 0.2) is 23.4 Å². The number of rotatable bonds is 3. The Kier molecular flexibility index (Phi) is 3.46. The molecule has 5 nitrogen and oxygen atoms in total. The zero-order chi connectivity index (χ0) is 12.3. The highest BCUT2D eigenvalue weighted by Gasteiger charge is 2.20. The van der Waals surface area contributed by atoms with E-state index in [4.69, 9.17) is 10.9 Å². The molecule has 1 saturated carbocycles. The molecular weight excluding hydrogens is 216 g/mol. The van der Waals surface area contributed by atoms with Crippen LogP contribution in [0.4, 0.5) is 5.82 Å². The summed E-state index contributed by atoms with van der Waals surface area (Å²) in [6.07, 6.45) is 5.00. The molecule has 1 aliphatic rings. The largest absolute Gasteiger partial charge is 0.409 e. The third kappa shape index (κ3) is 2.49. The Hall–Kier alpha value is -1.78. The number of amidine groups is 1. The van der Waals surface area contributed by atoms with Crippen LogP contribution in [-0.4, -0.2) is 29.1 Å². The van der Waals surface area contributed by atoms with Gasteiger partial charge in [0.15, 0.2) is 5.84 Å². The lowest BCUT2D eigenvalue weighted by Gasteiger charge is -2.25. The number of nitrogens with two attached hydrogens (primary N) is 1. The smallest absolute Gasteiger partial charge is 0.188 e. The SMILES string of the molecule is CN(c1cccc(C(N)=NO)n1)C1CCCC1. The van der Waals surface area contributed by atoms with E-state index in [9.17, 15) is 0 Å². The molecule has 1 aliphatic carbocycles. The quantitative estimate of drug-likeness (QED) is 0.360. The van der Waals surface area contributed by atoms with Gasteiger partial charge in [-0.15, -0.1) is 0 Å². The summed E-state index contributed by atoms with van der Waals surface area (Å²) in [4.78, 5) is 6.58. The van der Waals surface area contributed by atoms with E-state index in [1.807, 2.05) is 19.2 Å². The highest BCUT2D eigenvalue weighted by Crippen LogP contribution is 2.25. The normalized spacial score (nSPS) is 17.4. The molecule has 2 rings (SSSR count). The highest BCUT2D eigenvalue weighted by atomic mass is 16.4. The van der Waals surface area contributed by atoms with Gasteiger partial charge < -0.3 is 15.8 Å². The van der Waals surface area contributed by atoms with Gasteiger partial charge in [0.2, 0.25) is 0 Å². The average Bonchev–Trinajstić information content (AvgIpc) is 2.91. The summed E-state index contributed by atoms with van der Waals surface area (Å²) in [5, 5.41) is 11.6. The maximum atomic E-state index is 8.64. The molecule has 1 aromatic rings. The zero-order valence-corrected chi connectivity index (χ0v) is 10.0. The van der Waals surface area contributed by atoms with Gasteiger partial charge in [0, 0.05) is 13.1 Å². The number of oxime groups is 1. The van der Waals surface area contributed by atoms with Crippen LogP contribution in [0, 0.1) is 0 Å². The molecule has 0 atom stereocenters. The predicted molar refractivity (Wildman–Crippen MR) is 67.4 cm³/mol. The van der Waals surface area contributed by atoms with Gasteiger partial charge in [0.25, 0.3) is 0 Å². The van der Waals surface area contributed by atoms with Gasteiger partial charge in [-0.25, -0.2) is 4.98 Å². The second-order valence-electron chi connectivity index (χ2n) is 4.42. The molecule has 0 radical (unpaired) electrons. The van der Waals surface area contributed by atoms with Gasteiger partial charge >= 0.3 is 0 Å². The number of nitrogens with zero attached hydrogens (tertiary/aromatic N) is 3. The number of aromatic nitrogens is 1. The molecular formula is C12H18N4O.